The summed E-state index contributed by atoms with van der Waals surface area (Å²) < 4.78 is 0. The van der Waals surface area contributed by atoms with Gasteiger partial charge in [-0.1, -0.05) is 6.42 Å². The summed E-state index contributed by atoms with van der Waals surface area (Å²) in [4.78, 5) is 66.8. The largest absolute Gasteiger partial charge is 0.481 e. The van der Waals surface area contributed by atoms with Crippen molar-refractivity contribution in [3.05, 3.63) is 18.2 Å². The maximum absolute atomic E-state index is 13.0. The summed E-state index contributed by atoms with van der Waals surface area (Å²) in [5.74, 6) is -4.73. The van der Waals surface area contributed by atoms with E-state index < -0.39 is 60.2 Å². The van der Waals surface area contributed by atoms with Crippen LogP contribution < -0.4 is 27.4 Å². The molecule has 190 valence electrons. The molecule has 1 heterocycles. The first-order valence-corrected chi connectivity index (χ1v) is 10.8. The molecular weight excluding hydrogens is 450 g/mol. The van der Waals surface area contributed by atoms with Gasteiger partial charge in [-0.15, -0.1) is 0 Å². The third kappa shape index (κ3) is 10.4. The van der Waals surface area contributed by atoms with Gasteiger partial charge in [-0.3, -0.25) is 24.0 Å². The monoisotopic (exact) mass is 483 g/mol. The van der Waals surface area contributed by atoms with Crippen LogP contribution in [0.5, 0.6) is 0 Å². The van der Waals surface area contributed by atoms with Gasteiger partial charge in [0.1, 0.15) is 18.1 Å². The van der Waals surface area contributed by atoms with Crippen molar-refractivity contribution in [2.45, 2.75) is 69.6 Å². The molecule has 4 atom stereocenters. The van der Waals surface area contributed by atoms with Crippen molar-refractivity contribution in [3.63, 3.8) is 0 Å². The van der Waals surface area contributed by atoms with Gasteiger partial charge in [0, 0.05) is 24.7 Å². The summed E-state index contributed by atoms with van der Waals surface area (Å²) in [5.41, 5.74) is 11.9. The summed E-state index contributed by atoms with van der Waals surface area (Å²) in [6.07, 6.45) is 3.77. The zero-order valence-corrected chi connectivity index (χ0v) is 19.0. The molecule has 4 unspecified atom stereocenters. The number of H-pyrrole nitrogens is 1. The zero-order chi connectivity index (χ0) is 25.7. The van der Waals surface area contributed by atoms with Gasteiger partial charge in [0.2, 0.25) is 17.7 Å². The molecular formula is C20H33N7O7. The number of hydrogen-bond acceptors (Lipinski definition) is 8. The molecule has 10 N–H and O–H groups in total. The normalized spacial score (nSPS) is 14.3. The number of unbranched alkanes of at least 4 members (excludes halogenated alkanes) is 1. The standard InChI is InChI=1S/C20H33N7O7/c1-11(20(33)34)25-18(31)14(5-6-16(28)29)26-19(32)15(8-12-9-23-10-24-12)27-17(30)13(22)4-2-3-7-21/h9-11,13-15H,2-8,21-22H2,1H3,(H,23,24)(H,25,31)(H,26,32)(H,27,30)(H,28,29)(H,33,34). The highest BCUT2D eigenvalue weighted by molar-refractivity contribution is 5.94. The smallest absolute Gasteiger partial charge is 0.325 e. The van der Waals surface area contributed by atoms with E-state index in [1.165, 1.54) is 19.4 Å². The fraction of sp³-hybridized carbons (Fsp3) is 0.600. The number of nitrogens with zero attached hydrogens (tertiary/aromatic N) is 1. The predicted molar refractivity (Wildman–Crippen MR) is 119 cm³/mol. The minimum Gasteiger partial charge on any atom is -0.481 e. The van der Waals surface area contributed by atoms with Crippen LogP contribution in [0, 0.1) is 0 Å². The second kappa shape index (κ2) is 14.6. The van der Waals surface area contributed by atoms with E-state index in [1.54, 1.807) is 0 Å². The lowest BCUT2D eigenvalue weighted by molar-refractivity contribution is -0.142. The molecule has 0 bridgehead atoms. The van der Waals surface area contributed by atoms with Crippen molar-refractivity contribution >= 4 is 29.7 Å². The Morgan fingerprint density at radius 2 is 1.65 bits per heavy atom. The Kier molecular flexibility index (Phi) is 12.2. The maximum Gasteiger partial charge on any atom is 0.325 e. The number of rotatable bonds is 16. The van der Waals surface area contributed by atoms with Crippen molar-refractivity contribution in [1.29, 1.82) is 0 Å². The third-order valence-corrected chi connectivity index (χ3v) is 4.93. The molecule has 0 saturated heterocycles. The van der Waals surface area contributed by atoms with Crippen LogP contribution in [-0.4, -0.2) is 80.6 Å². The Labute approximate surface area is 196 Å². The molecule has 0 fully saturated rings. The van der Waals surface area contributed by atoms with E-state index in [4.69, 9.17) is 21.7 Å². The van der Waals surface area contributed by atoms with Crippen LogP contribution in [0.3, 0.4) is 0 Å². The van der Waals surface area contributed by atoms with Gasteiger partial charge in [0.25, 0.3) is 0 Å². The highest BCUT2D eigenvalue weighted by atomic mass is 16.4. The Morgan fingerprint density at radius 3 is 2.21 bits per heavy atom. The molecule has 0 aliphatic heterocycles. The Balaban J connectivity index is 2.97. The van der Waals surface area contributed by atoms with Crippen LogP contribution in [0.15, 0.2) is 12.5 Å². The second-order valence-electron chi connectivity index (χ2n) is 7.80. The van der Waals surface area contributed by atoms with E-state index in [0.29, 0.717) is 31.5 Å². The number of amides is 3. The zero-order valence-electron chi connectivity index (χ0n) is 19.0. The fourth-order valence-corrected chi connectivity index (χ4v) is 2.93. The molecule has 0 saturated carbocycles. The first-order valence-electron chi connectivity index (χ1n) is 10.8. The van der Waals surface area contributed by atoms with Crippen LogP contribution in [0.25, 0.3) is 0 Å². The Bertz CT molecular complexity index is 831. The lowest BCUT2D eigenvalue weighted by atomic mass is 10.1. The lowest BCUT2D eigenvalue weighted by Gasteiger charge is -2.24. The SMILES string of the molecule is CC(NC(=O)C(CCC(=O)O)NC(=O)C(Cc1cnc[nH]1)NC(=O)C(N)CCCCN)C(=O)O. The number of hydrogen-bond donors (Lipinski definition) is 8. The van der Waals surface area contributed by atoms with Crippen LogP contribution in [0.4, 0.5) is 0 Å². The van der Waals surface area contributed by atoms with Crippen molar-refractivity contribution in [3.8, 4) is 0 Å². The molecule has 0 aromatic carbocycles. The molecule has 14 nitrogen and oxygen atoms in total. The number of nitrogens with one attached hydrogen (secondary N) is 4. The number of carbonyl (C=O) groups excluding carboxylic acids is 3. The maximum atomic E-state index is 13.0. The number of carboxylic acid groups (broad SMARTS) is 2. The summed E-state index contributed by atoms with van der Waals surface area (Å²) in [6, 6.07) is -4.65. The minimum absolute atomic E-state index is 0.00804. The van der Waals surface area contributed by atoms with Gasteiger partial charge in [-0.2, -0.15) is 0 Å². The molecule has 1 rings (SSSR count). The molecule has 1 aromatic rings. The van der Waals surface area contributed by atoms with E-state index in [9.17, 15) is 24.0 Å². The van der Waals surface area contributed by atoms with Gasteiger partial charge in [0.15, 0.2) is 0 Å². The molecule has 3 amide bonds. The van der Waals surface area contributed by atoms with E-state index in [1.807, 2.05) is 0 Å². The molecule has 14 heteroatoms. The Hall–Kier alpha value is -3.52. The number of carboxylic acids is 2. The van der Waals surface area contributed by atoms with Gasteiger partial charge >= 0.3 is 11.9 Å². The van der Waals surface area contributed by atoms with Gasteiger partial charge in [-0.25, -0.2) is 4.98 Å². The molecule has 0 spiro atoms. The van der Waals surface area contributed by atoms with E-state index in [-0.39, 0.29) is 12.8 Å². The van der Waals surface area contributed by atoms with Gasteiger partial charge in [-0.05, 0) is 32.7 Å². The third-order valence-electron chi connectivity index (χ3n) is 4.93. The number of carbonyl (C=O) groups is 5. The predicted octanol–water partition coefficient (Wildman–Crippen LogP) is -2.17. The summed E-state index contributed by atoms with van der Waals surface area (Å²) in [5, 5.41) is 25.1. The second-order valence-corrected chi connectivity index (χ2v) is 7.80. The number of nitrogens with two attached hydrogens (primary N) is 2. The summed E-state index contributed by atoms with van der Waals surface area (Å²) in [7, 11) is 0. The van der Waals surface area contributed by atoms with E-state index in [0.717, 1.165) is 0 Å². The van der Waals surface area contributed by atoms with Crippen LogP contribution in [0.2, 0.25) is 0 Å². The molecule has 0 radical (unpaired) electrons. The lowest BCUT2D eigenvalue weighted by Crippen LogP contribution is -2.57. The van der Waals surface area contributed by atoms with Crippen molar-refractivity contribution < 1.29 is 34.2 Å². The molecule has 34 heavy (non-hydrogen) atoms. The number of aromatic amines is 1. The molecule has 1 aromatic heterocycles. The quantitative estimate of drug-likeness (QED) is 0.118. The van der Waals surface area contributed by atoms with Crippen LogP contribution >= 0.6 is 0 Å². The summed E-state index contributed by atoms with van der Waals surface area (Å²) >= 11 is 0. The topological polar surface area (TPSA) is 243 Å². The number of imidazole rings is 1. The first kappa shape index (κ1) is 28.5. The van der Waals surface area contributed by atoms with E-state index >= 15 is 0 Å². The highest BCUT2D eigenvalue weighted by Gasteiger charge is 2.30. The van der Waals surface area contributed by atoms with E-state index in [2.05, 4.69) is 25.9 Å². The fourth-order valence-electron chi connectivity index (χ4n) is 2.93. The van der Waals surface area contributed by atoms with Gasteiger partial charge < -0.3 is 42.6 Å². The van der Waals surface area contributed by atoms with Crippen molar-refractivity contribution in [2.24, 2.45) is 11.5 Å². The van der Waals surface area contributed by atoms with Crippen molar-refractivity contribution in [1.82, 2.24) is 25.9 Å². The number of aromatic nitrogens is 2. The molecule has 0 aliphatic rings. The number of aliphatic carboxylic acids is 2. The van der Waals surface area contributed by atoms with Crippen LogP contribution in [-0.2, 0) is 30.4 Å². The van der Waals surface area contributed by atoms with Crippen molar-refractivity contribution in [2.75, 3.05) is 6.54 Å². The average Bonchev–Trinajstić information content (AvgIpc) is 3.28. The summed E-state index contributed by atoms with van der Waals surface area (Å²) in [6.45, 7) is 1.68. The minimum atomic E-state index is -1.34. The first-order chi connectivity index (χ1) is 16.0. The van der Waals surface area contributed by atoms with Gasteiger partial charge in [0.05, 0.1) is 12.4 Å². The molecule has 0 aliphatic carbocycles. The highest BCUT2D eigenvalue weighted by Crippen LogP contribution is 2.05. The Morgan fingerprint density at radius 1 is 1.00 bits per heavy atom. The average molecular weight is 484 g/mol. The van der Waals surface area contributed by atoms with Crippen LogP contribution in [0.1, 0.15) is 44.7 Å².